The van der Waals surface area contributed by atoms with Crippen LogP contribution in [0.5, 0.6) is 0 Å². The van der Waals surface area contributed by atoms with Crippen molar-refractivity contribution in [2.24, 2.45) is 23.7 Å². The van der Waals surface area contributed by atoms with E-state index in [1.165, 1.54) is 6.08 Å². The molecule has 0 spiro atoms. The summed E-state index contributed by atoms with van der Waals surface area (Å²) in [6, 6.07) is 0. The summed E-state index contributed by atoms with van der Waals surface area (Å²) in [7, 11) is 0. The van der Waals surface area contributed by atoms with Crippen LogP contribution < -0.4 is 0 Å². The fourth-order valence-corrected chi connectivity index (χ4v) is 3.81. The first-order valence-electron chi connectivity index (χ1n) is 10.9. The van der Waals surface area contributed by atoms with Crippen LogP contribution in [0.1, 0.15) is 66.7 Å². The molecule has 0 saturated heterocycles. The number of hydrogen-bond acceptors (Lipinski definition) is 4. The Morgan fingerprint density at radius 1 is 1.18 bits per heavy atom. The average molecular weight is 393 g/mol. The van der Waals surface area contributed by atoms with Crippen molar-refractivity contribution in [3.63, 3.8) is 0 Å². The molecule has 0 unspecified atom stereocenters. The highest BCUT2D eigenvalue weighted by Crippen LogP contribution is 2.26. The highest BCUT2D eigenvalue weighted by atomic mass is 16.5. The Kier molecular flexibility index (Phi) is 11.4. The lowest BCUT2D eigenvalue weighted by atomic mass is 9.85. The standard InChI is InChI=1S/C24H40O4/c1-6-7-12-19(4)24-20(5)21(25)15-10-8-13-17(2)23(27)18(3)14-9-11-16-22(26)28-24/h7,9,11-12,14,16-21,23-25,27H,6,8,10,13,15H2,1-5H3/b12-7-,14-9+,16-11-/t17-,18-,19-,20-,21+,23+,24-/m0/s1. The van der Waals surface area contributed by atoms with Crippen molar-refractivity contribution < 1.29 is 19.7 Å². The van der Waals surface area contributed by atoms with Crippen molar-refractivity contribution in [2.45, 2.75) is 85.0 Å². The normalized spacial score (nSPS) is 37.3. The highest BCUT2D eigenvalue weighted by Gasteiger charge is 2.30. The maximum atomic E-state index is 12.3. The summed E-state index contributed by atoms with van der Waals surface area (Å²) in [6.45, 7) is 10.1. The average Bonchev–Trinajstić information content (AvgIpc) is 2.68. The van der Waals surface area contributed by atoms with Gasteiger partial charge in [-0.25, -0.2) is 4.79 Å². The van der Waals surface area contributed by atoms with E-state index in [-0.39, 0.29) is 29.8 Å². The van der Waals surface area contributed by atoms with Gasteiger partial charge in [0.15, 0.2) is 0 Å². The molecule has 2 N–H and O–H groups in total. The van der Waals surface area contributed by atoms with E-state index in [1.807, 2.05) is 26.8 Å². The third-order valence-corrected chi connectivity index (χ3v) is 5.86. The molecule has 7 atom stereocenters. The lowest BCUT2D eigenvalue weighted by Crippen LogP contribution is -2.37. The zero-order valence-corrected chi connectivity index (χ0v) is 18.3. The molecule has 1 rings (SSSR count). The van der Waals surface area contributed by atoms with Gasteiger partial charge in [-0.05, 0) is 25.2 Å². The fourth-order valence-electron chi connectivity index (χ4n) is 3.81. The number of carbonyl (C=O) groups is 1. The van der Waals surface area contributed by atoms with Crippen LogP contribution in [-0.4, -0.2) is 34.5 Å². The van der Waals surface area contributed by atoms with E-state index in [0.29, 0.717) is 6.42 Å². The summed E-state index contributed by atoms with van der Waals surface area (Å²) in [4.78, 5) is 12.3. The van der Waals surface area contributed by atoms with E-state index >= 15 is 0 Å². The quantitative estimate of drug-likeness (QED) is 0.534. The van der Waals surface area contributed by atoms with Gasteiger partial charge >= 0.3 is 5.97 Å². The van der Waals surface area contributed by atoms with Crippen LogP contribution in [0.4, 0.5) is 0 Å². The van der Waals surface area contributed by atoms with Gasteiger partial charge in [-0.2, -0.15) is 0 Å². The second-order valence-corrected chi connectivity index (χ2v) is 8.38. The van der Waals surface area contributed by atoms with Crippen LogP contribution in [0, 0.1) is 23.7 Å². The Morgan fingerprint density at radius 3 is 2.54 bits per heavy atom. The van der Waals surface area contributed by atoms with Gasteiger partial charge in [0, 0.05) is 23.8 Å². The molecule has 0 aliphatic carbocycles. The SMILES string of the molecule is CC/C=C\[C@H](C)[C@@H]1OC(=O)/C=C\C=C\[C@H](C)[C@H](O)[C@@H](C)CCCC[C@@H](O)[C@@H]1C. The number of aliphatic hydroxyl groups excluding tert-OH is 2. The molecule has 4 nitrogen and oxygen atoms in total. The van der Waals surface area contributed by atoms with Crippen LogP contribution in [0.15, 0.2) is 36.5 Å². The molecule has 0 amide bonds. The number of carbonyl (C=O) groups excluding carboxylic acids is 1. The first kappa shape index (κ1) is 24.6. The van der Waals surface area contributed by atoms with E-state index in [4.69, 9.17) is 4.74 Å². The van der Waals surface area contributed by atoms with Gasteiger partial charge in [-0.1, -0.05) is 77.8 Å². The maximum absolute atomic E-state index is 12.3. The van der Waals surface area contributed by atoms with E-state index in [0.717, 1.165) is 25.7 Å². The molecule has 1 heterocycles. The smallest absolute Gasteiger partial charge is 0.331 e. The molecule has 0 aromatic carbocycles. The van der Waals surface area contributed by atoms with Crippen molar-refractivity contribution in [1.29, 1.82) is 0 Å². The Labute approximate surface area is 171 Å². The number of esters is 1. The molecular formula is C24H40O4. The summed E-state index contributed by atoms with van der Waals surface area (Å²) in [6.07, 6.45) is 14.0. The Hall–Kier alpha value is -1.39. The van der Waals surface area contributed by atoms with Gasteiger partial charge in [0.25, 0.3) is 0 Å². The molecule has 160 valence electrons. The van der Waals surface area contributed by atoms with Crippen LogP contribution in [0.25, 0.3) is 0 Å². The Bertz CT molecular complexity index is 537. The molecule has 0 saturated carbocycles. The van der Waals surface area contributed by atoms with Crippen LogP contribution >= 0.6 is 0 Å². The number of hydrogen-bond donors (Lipinski definition) is 2. The molecule has 4 heteroatoms. The maximum Gasteiger partial charge on any atom is 0.331 e. The second kappa shape index (κ2) is 12.9. The molecule has 0 bridgehead atoms. The van der Waals surface area contributed by atoms with Crippen LogP contribution in [-0.2, 0) is 9.53 Å². The third-order valence-electron chi connectivity index (χ3n) is 5.86. The minimum absolute atomic E-state index is 0.0149. The minimum Gasteiger partial charge on any atom is -0.458 e. The Balaban J connectivity index is 3.00. The molecular weight excluding hydrogens is 352 g/mol. The molecule has 28 heavy (non-hydrogen) atoms. The monoisotopic (exact) mass is 392 g/mol. The predicted molar refractivity (Wildman–Crippen MR) is 115 cm³/mol. The second-order valence-electron chi connectivity index (χ2n) is 8.38. The number of rotatable bonds is 3. The van der Waals surface area contributed by atoms with Crippen molar-refractivity contribution in [2.75, 3.05) is 0 Å². The summed E-state index contributed by atoms with van der Waals surface area (Å²) in [5, 5.41) is 21.1. The van der Waals surface area contributed by atoms with Gasteiger partial charge in [0.2, 0.25) is 0 Å². The van der Waals surface area contributed by atoms with E-state index in [2.05, 4.69) is 26.0 Å². The fraction of sp³-hybridized carbons (Fsp3) is 0.708. The molecule has 0 fully saturated rings. The topological polar surface area (TPSA) is 66.8 Å². The molecule has 0 aromatic rings. The van der Waals surface area contributed by atoms with Gasteiger partial charge < -0.3 is 14.9 Å². The van der Waals surface area contributed by atoms with E-state index < -0.39 is 18.2 Å². The minimum atomic E-state index is -0.522. The lowest BCUT2D eigenvalue weighted by molar-refractivity contribution is -0.150. The van der Waals surface area contributed by atoms with Crippen molar-refractivity contribution >= 4 is 5.97 Å². The van der Waals surface area contributed by atoms with Gasteiger partial charge in [0.1, 0.15) is 6.10 Å². The van der Waals surface area contributed by atoms with Crippen molar-refractivity contribution in [1.82, 2.24) is 0 Å². The van der Waals surface area contributed by atoms with Crippen LogP contribution in [0.2, 0.25) is 0 Å². The number of ether oxygens (including phenoxy) is 1. The molecule has 0 radical (unpaired) electrons. The molecule has 1 aliphatic heterocycles. The summed E-state index contributed by atoms with van der Waals surface area (Å²) >= 11 is 0. The van der Waals surface area contributed by atoms with E-state index in [1.54, 1.807) is 12.2 Å². The predicted octanol–water partition coefficient (Wildman–Crippen LogP) is 4.82. The largest absolute Gasteiger partial charge is 0.458 e. The van der Waals surface area contributed by atoms with Gasteiger partial charge in [-0.3, -0.25) is 0 Å². The third kappa shape index (κ3) is 8.32. The summed E-state index contributed by atoms with van der Waals surface area (Å²) in [5.41, 5.74) is 0. The highest BCUT2D eigenvalue weighted by molar-refractivity contribution is 5.82. The van der Waals surface area contributed by atoms with E-state index in [9.17, 15) is 15.0 Å². The van der Waals surface area contributed by atoms with Crippen LogP contribution in [0.3, 0.4) is 0 Å². The first-order valence-corrected chi connectivity index (χ1v) is 10.9. The first-order chi connectivity index (χ1) is 13.3. The zero-order chi connectivity index (χ0) is 21.1. The summed E-state index contributed by atoms with van der Waals surface area (Å²) in [5.74, 6) is -0.310. The number of aliphatic hydroxyl groups is 2. The Morgan fingerprint density at radius 2 is 1.86 bits per heavy atom. The van der Waals surface area contributed by atoms with Gasteiger partial charge in [0.05, 0.1) is 12.2 Å². The van der Waals surface area contributed by atoms with Crippen molar-refractivity contribution in [3.8, 4) is 0 Å². The lowest BCUT2D eigenvalue weighted by Gasteiger charge is -2.31. The van der Waals surface area contributed by atoms with Crippen molar-refractivity contribution in [3.05, 3.63) is 36.5 Å². The van der Waals surface area contributed by atoms with Gasteiger partial charge in [-0.15, -0.1) is 0 Å². The summed E-state index contributed by atoms with van der Waals surface area (Å²) < 4.78 is 5.74. The molecule has 1 aliphatic rings. The molecule has 0 aromatic heterocycles. The zero-order valence-electron chi connectivity index (χ0n) is 18.3. The number of cyclic esters (lactones) is 1. The number of allylic oxidation sites excluding steroid dienone is 3.